The average Bonchev–Trinajstić information content (AvgIpc) is 2.72. The first-order chi connectivity index (χ1) is 14.3. The lowest BCUT2D eigenvalue weighted by atomic mass is 10.1. The van der Waals surface area contributed by atoms with Crippen LogP contribution < -0.4 is 10.7 Å². The van der Waals surface area contributed by atoms with E-state index in [-0.39, 0.29) is 16.8 Å². The number of carbonyl (C=O) groups is 2. The number of hydrogen-bond acceptors (Lipinski definition) is 3. The number of amides is 2. The molecule has 0 atom stereocenters. The Labute approximate surface area is 184 Å². The minimum atomic E-state index is -0.333. The van der Waals surface area contributed by atoms with E-state index in [1.165, 1.54) is 6.07 Å². The van der Waals surface area contributed by atoms with Crippen molar-refractivity contribution in [1.29, 1.82) is 0 Å². The van der Waals surface area contributed by atoms with Gasteiger partial charge in [-0.15, -0.1) is 0 Å². The van der Waals surface area contributed by atoms with Gasteiger partial charge in [-0.05, 0) is 61.9 Å². The quantitative estimate of drug-likeness (QED) is 0.394. The maximum atomic E-state index is 12.4. The van der Waals surface area contributed by atoms with Gasteiger partial charge in [-0.25, -0.2) is 5.43 Å². The van der Waals surface area contributed by atoms with Crippen LogP contribution in [0.25, 0.3) is 0 Å². The molecular formula is C23H19Cl2N3O2. The first kappa shape index (κ1) is 21.6. The van der Waals surface area contributed by atoms with Crippen molar-refractivity contribution < 1.29 is 9.59 Å². The number of halogens is 2. The number of nitrogens with zero attached hydrogens (tertiary/aromatic N) is 1. The largest absolute Gasteiger partial charge is 0.322 e. The summed E-state index contributed by atoms with van der Waals surface area (Å²) in [5.74, 6) is -0.609. The van der Waals surface area contributed by atoms with E-state index < -0.39 is 0 Å². The molecular weight excluding hydrogens is 421 g/mol. The van der Waals surface area contributed by atoms with E-state index in [2.05, 4.69) is 15.8 Å². The van der Waals surface area contributed by atoms with Crippen molar-refractivity contribution >= 4 is 46.4 Å². The van der Waals surface area contributed by atoms with E-state index >= 15 is 0 Å². The zero-order chi connectivity index (χ0) is 21.7. The summed E-state index contributed by atoms with van der Waals surface area (Å²) in [7, 11) is 0. The van der Waals surface area contributed by atoms with Crippen molar-refractivity contribution in [1.82, 2.24) is 5.43 Å². The Morgan fingerprint density at radius 3 is 2.27 bits per heavy atom. The standard InChI is InChI=1S/C23H19Cl2N3O2/c1-14-4-3-5-17(12-14)22(29)28-27-15(2)16-6-9-19(10-7-16)26-23(30)20-11-8-18(24)13-21(20)25/h3-13H,1-2H3,(H,26,30)(H,28,29)/b27-15+. The SMILES string of the molecule is C/C(=N\NC(=O)c1cccc(C)c1)c1ccc(NC(=O)c2ccc(Cl)cc2Cl)cc1. The molecule has 0 aliphatic carbocycles. The van der Waals surface area contributed by atoms with Crippen molar-refractivity contribution in [3.63, 3.8) is 0 Å². The Balaban J connectivity index is 1.65. The Morgan fingerprint density at radius 1 is 0.867 bits per heavy atom. The smallest absolute Gasteiger partial charge is 0.271 e. The maximum Gasteiger partial charge on any atom is 0.271 e. The molecule has 3 rings (SSSR count). The Morgan fingerprint density at radius 2 is 1.60 bits per heavy atom. The molecule has 2 N–H and O–H groups in total. The molecule has 0 aliphatic heterocycles. The fourth-order valence-electron chi connectivity index (χ4n) is 2.72. The number of hydrazone groups is 1. The zero-order valence-corrected chi connectivity index (χ0v) is 17.9. The molecule has 3 aromatic rings. The molecule has 5 nitrogen and oxygen atoms in total. The lowest BCUT2D eigenvalue weighted by molar-refractivity contribution is 0.0954. The predicted molar refractivity (Wildman–Crippen MR) is 122 cm³/mol. The predicted octanol–water partition coefficient (Wildman–Crippen LogP) is 5.71. The Hall–Kier alpha value is -3.15. The van der Waals surface area contributed by atoms with Crippen LogP contribution in [0, 0.1) is 6.92 Å². The minimum absolute atomic E-state index is 0.276. The van der Waals surface area contributed by atoms with E-state index in [0.29, 0.717) is 27.5 Å². The van der Waals surface area contributed by atoms with Gasteiger partial charge >= 0.3 is 0 Å². The number of aryl methyl sites for hydroxylation is 1. The molecule has 0 heterocycles. The Kier molecular flexibility index (Phi) is 6.87. The van der Waals surface area contributed by atoms with Crippen molar-refractivity contribution in [3.8, 4) is 0 Å². The van der Waals surface area contributed by atoms with Gasteiger partial charge in [0, 0.05) is 16.3 Å². The molecule has 0 saturated heterocycles. The summed E-state index contributed by atoms with van der Waals surface area (Å²) in [4.78, 5) is 24.6. The minimum Gasteiger partial charge on any atom is -0.322 e. The molecule has 2 amide bonds. The van der Waals surface area contributed by atoms with Crippen molar-refractivity contribution in [2.24, 2.45) is 5.10 Å². The highest BCUT2D eigenvalue weighted by molar-refractivity contribution is 6.37. The molecule has 0 aromatic heterocycles. The third-order valence-electron chi connectivity index (χ3n) is 4.34. The summed E-state index contributed by atoms with van der Waals surface area (Å²) in [5, 5.41) is 7.69. The lowest BCUT2D eigenvalue weighted by Gasteiger charge is -2.08. The van der Waals surface area contributed by atoms with Gasteiger partial charge in [0.15, 0.2) is 0 Å². The maximum absolute atomic E-state index is 12.4. The second-order valence-corrected chi connectivity index (χ2v) is 7.51. The van der Waals surface area contributed by atoms with Crippen LogP contribution in [-0.2, 0) is 0 Å². The van der Waals surface area contributed by atoms with Crippen LogP contribution in [0.4, 0.5) is 5.69 Å². The zero-order valence-electron chi connectivity index (χ0n) is 16.4. The van der Waals surface area contributed by atoms with Crippen LogP contribution in [-0.4, -0.2) is 17.5 Å². The molecule has 0 aliphatic rings. The van der Waals surface area contributed by atoms with Gasteiger partial charge in [0.1, 0.15) is 0 Å². The van der Waals surface area contributed by atoms with Gasteiger partial charge in [-0.1, -0.05) is 53.0 Å². The molecule has 0 fully saturated rings. The third-order valence-corrected chi connectivity index (χ3v) is 4.89. The summed E-state index contributed by atoms with van der Waals surface area (Å²) < 4.78 is 0. The molecule has 0 spiro atoms. The van der Waals surface area contributed by atoms with E-state index in [1.807, 2.05) is 19.1 Å². The van der Waals surface area contributed by atoms with E-state index in [4.69, 9.17) is 23.2 Å². The molecule has 0 bridgehead atoms. The van der Waals surface area contributed by atoms with Crippen molar-refractivity contribution in [2.45, 2.75) is 13.8 Å². The van der Waals surface area contributed by atoms with Gasteiger partial charge in [0.05, 0.1) is 16.3 Å². The lowest BCUT2D eigenvalue weighted by Crippen LogP contribution is -2.19. The summed E-state index contributed by atoms with van der Waals surface area (Å²) in [6.45, 7) is 3.71. The molecule has 152 valence electrons. The second-order valence-electron chi connectivity index (χ2n) is 6.66. The normalized spacial score (nSPS) is 11.1. The highest BCUT2D eigenvalue weighted by Gasteiger charge is 2.11. The van der Waals surface area contributed by atoms with Gasteiger partial charge in [-0.2, -0.15) is 5.10 Å². The van der Waals surface area contributed by atoms with Gasteiger partial charge < -0.3 is 5.32 Å². The number of rotatable bonds is 5. The van der Waals surface area contributed by atoms with E-state index in [9.17, 15) is 9.59 Å². The third kappa shape index (κ3) is 5.47. The number of hydrogen-bond donors (Lipinski definition) is 2. The van der Waals surface area contributed by atoms with E-state index in [0.717, 1.165) is 11.1 Å². The van der Waals surface area contributed by atoms with Crippen LogP contribution >= 0.6 is 23.2 Å². The number of anilines is 1. The van der Waals surface area contributed by atoms with Crippen LogP contribution in [0.15, 0.2) is 71.8 Å². The highest BCUT2D eigenvalue weighted by atomic mass is 35.5. The Bertz CT molecular complexity index is 1130. The monoisotopic (exact) mass is 439 g/mol. The number of carbonyl (C=O) groups excluding carboxylic acids is 2. The van der Waals surface area contributed by atoms with Gasteiger partial charge in [-0.3, -0.25) is 9.59 Å². The summed E-state index contributed by atoms with van der Waals surface area (Å²) >= 11 is 11.9. The van der Waals surface area contributed by atoms with Crippen LogP contribution in [0.1, 0.15) is 38.8 Å². The fraction of sp³-hybridized carbons (Fsp3) is 0.0870. The number of nitrogens with one attached hydrogen (secondary N) is 2. The van der Waals surface area contributed by atoms with Crippen LogP contribution in [0.3, 0.4) is 0 Å². The molecule has 3 aromatic carbocycles. The van der Waals surface area contributed by atoms with Gasteiger partial charge in [0.25, 0.3) is 11.8 Å². The topological polar surface area (TPSA) is 70.6 Å². The number of benzene rings is 3. The fourth-order valence-corrected chi connectivity index (χ4v) is 3.21. The van der Waals surface area contributed by atoms with Crippen LogP contribution in [0.5, 0.6) is 0 Å². The second kappa shape index (κ2) is 9.57. The molecule has 0 saturated carbocycles. The summed E-state index contributed by atoms with van der Waals surface area (Å²) in [5.41, 5.74) is 6.48. The highest BCUT2D eigenvalue weighted by Crippen LogP contribution is 2.22. The van der Waals surface area contributed by atoms with Crippen molar-refractivity contribution in [2.75, 3.05) is 5.32 Å². The van der Waals surface area contributed by atoms with Gasteiger partial charge in [0.2, 0.25) is 0 Å². The van der Waals surface area contributed by atoms with Crippen molar-refractivity contribution in [3.05, 3.63) is 99.0 Å². The molecule has 0 radical (unpaired) electrons. The molecule has 7 heteroatoms. The first-order valence-corrected chi connectivity index (χ1v) is 9.87. The molecule has 0 unspecified atom stereocenters. The first-order valence-electron chi connectivity index (χ1n) is 9.11. The summed E-state index contributed by atoms with van der Waals surface area (Å²) in [6.07, 6.45) is 0. The average molecular weight is 440 g/mol. The van der Waals surface area contributed by atoms with E-state index in [1.54, 1.807) is 55.5 Å². The summed E-state index contributed by atoms with van der Waals surface area (Å²) in [6, 6.07) is 19.1. The van der Waals surface area contributed by atoms with Crippen LogP contribution in [0.2, 0.25) is 10.0 Å². The molecule has 30 heavy (non-hydrogen) atoms.